The van der Waals surface area contributed by atoms with E-state index in [9.17, 15) is 10.2 Å². The fraction of sp³-hybridized carbons (Fsp3) is 0.615. The van der Waals surface area contributed by atoms with E-state index in [1.165, 1.54) is 23.1 Å². The fourth-order valence-electron chi connectivity index (χ4n) is 7.75. The monoisotopic (exact) mass is 378 g/mol. The molecule has 28 heavy (non-hydrogen) atoms. The minimum Gasteiger partial charge on any atom is -0.512 e. The van der Waals surface area contributed by atoms with Gasteiger partial charge in [0.2, 0.25) is 0 Å². The summed E-state index contributed by atoms with van der Waals surface area (Å²) >= 11 is 0. The first-order chi connectivity index (χ1) is 13.3. The van der Waals surface area contributed by atoms with Crippen LogP contribution in [-0.4, -0.2) is 16.3 Å². The van der Waals surface area contributed by atoms with Gasteiger partial charge in [0.25, 0.3) is 0 Å². The normalized spacial score (nSPS) is 45.1. The fourth-order valence-corrected chi connectivity index (χ4v) is 7.75. The van der Waals surface area contributed by atoms with Crippen LogP contribution in [0.25, 0.3) is 5.57 Å². The zero-order valence-electron chi connectivity index (χ0n) is 17.5. The number of hydrogen-bond donors (Lipinski definition) is 2. The van der Waals surface area contributed by atoms with Crippen LogP contribution in [0, 0.1) is 34.5 Å². The van der Waals surface area contributed by atoms with Gasteiger partial charge in [-0.05, 0) is 72.2 Å². The molecule has 0 saturated heterocycles. The van der Waals surface area contributed by atoms with E-state index in [4.69, 9.17) is 0 Å². The largest absolute Gasteiger partial charge is 0.512 e. The molecule has 2 N–H and O–H groups in total. The van der Waals surface area contributed by atoms with E-state index in [1.807, 2.05) is 0 Å². The molecule has 2 heteroatoms. The topological polar surface area (TPSA) is 40.5 Å². The lowest BCUT2D eigenvalue weighted by atomic mass is 9.45. The van der Waals surface area contributed by atoms with Gasteiger partial charge in [0, 0.05) is 12.0 Å². The molecule has 5 rings (SSSR count). The van der Waals surface area contributed by atoms with E-state index in [1.54, 1.807) is 0 Å². The molecule has 2 unspecified atom stereocenters. The van der Waals surface area contributed by atoms with Crippen molar-refractivity contribution in [2.24, 2.45) is 34.5 Å². The summed E-state index contributed by atoms with van der Waals surface area (Å²) in [6.07, 6.45) is 8.49. The molecule has 4 aliphatic rings. The lowest BCUT2D eigenvalue weighted by Crippen LogP contribution is -2.52. The third kappa shape index (κ3) is 2.43. The van der Waals surface area contributed by atoms with Gasteiger partial charge in [-0.15, -0.1) is 0 Å². The molecular weight excluding hydrogens is 344 g/mol. The lowest BCUT2D eigenvalue weighted by Gasteiger charge is -2.59. The molecule has 150 valence electrons. The number of aliphatic hydroxyl groups is 2. The maximum atomic E-state index is 11.1. The molecule has 0 bridgehead atoms. The SMILES string of the molecule is CC1C=C2CC(O)CC[C@]2(C)[C@@H]2CC[C@]3(C)C(c4ccccc4)=C(O)C[C@H]3[C@H]12. The summed E-state index contributed by atoms with van der Waals surface area (Å²) in [5.74, 6) is 2.96. The van der Waals surface area contributed by atoms with Gasteiger partial charge in [0.05, 0.1) is 11.9 Å². The first-order valence-electron chi connectivity index (χ1n) is 11.2. The number of hydrogen-bond acceptors (Lipinski definition) is 2. The molecule has 2 nitrogen and oxygen atoms in total. The van der Waals surface area contributed by atoms with Gasteiger partial charge in [0.15, 0.2) is 0 Å². The minimum absolute atomic E-state index is 0.0662. The highest BCUT2D eigenvalue weighted by molar-refractivity contribution is 5.74. The summed E-state index contributed by atoms with van der Waals surface area (Å²) in [6.45, 7) is 7.27. The third-order valence-corrected chi connectivity index (χ3v) is 9.13. The van der Waals surface area contributed by atoms with Crippen molar-refractivity contribution in [3.8, 4) is 0 Å². The Balaban J connectivity index is 1.55. The van der Waals surface area contributed by atoms with Crippen molar-refractivity contribution in [3.63, 3.8) is 0 Å². The van der Waals surface area contributed by atoms with Gasteiger partial charge < -0.3 is 10.2 Å². The Morgan fingerprint density at radius 2 is 1.64 bits per heavy atom. The summed E-state index contributed by atoms with van der Waals surface area (Å²) in [6, 6.07) is 10.6. The Morgan fingerprint density at radius 1 is 0.929 bits per heavy atom. The van der Waals surface area contributed by atoms with Crippen molar-refractivity contribution >= 4 is 5.57 Å². The predicted molar refractivity (Wildman–Crippen MR) is 114 cm³/mol. The molecule has 0 aromatic heterocycles. The highest BCUT2D eigenvalue weighted by Crippen LogP contribution is 2.68. The Labute approximate surface area is 169 Å². The average Bonchev–Trinajstić information content (AvgIpc) is 2.94. The van der Waals surface area contributed by atoms with Gasteiger partial charge in [-0.25, -0.2) is 0 Å². The number of benzene rings is 1. The standard InChI is InChI=1S/C26H34O2/c1-16-13-18-14-19(27)9-11-25(18,2)20-10-12-26(3)21(23(16)20)15-22(28)24(26)17-7-5-4-6-8-17/h4-8,13,16,19-21,23,27-28H,9-12,14-15H2,1-3H3/t16?,19?,20-,21+,23-,25+,26+/m1/s1. The molecule has 0 spiro atoms. The van der Waals surface area contributed by atoms with Crippen LogP contribution in [-0.2, 0) is 0 Å². The van der Waals surface area contributed by atoms with E-state index in [2.05, 4.69) is 57.2 Å². The average molecular weight is 379 g/mol. The van der Waals surface area contributed by atoms with Crippen LogP contribution in [0.4, 0.5) is 0 Å². The van der Waals surface area contributed by atoms with E-state index < -0.39 is 0 Å². The van der Waals surface area contributed by atoms with Crippen molar-refractivity contribution in [3.05, 3.63) is 53.3 Å². The second-order valence-corrected chi connectivity index (χ2v) is 10.5. The maximum Gasteiger partial charge on any atom is 0.0969 e. The maximum absolute atomic E-state index is 11.1. The Bertz CT molecular complexity index is 837. The molecule has 0 aliphatic heterocycles. The Morgan fingerprint density at radius 3 is 2.39 bits per heavy atom. The minimum atomic E-state index is -0.154. The van der Waals surface area contributed by atoms with E-state index >= 15 is 0 Å². The van der Waals surface area contributed by atoms with Crippen LogP contribution in [0.1, 0.15) is 64.9 Å². The quantitative estimate of drug-likeness (QED) is 0.577. The van der Waals surface area contributed by atoms with Crippen LogP contribution in [0.15, 0.2) is 47.7 Å². The van der Waals surface area contributed by atoms with Gasteiger partial charge in [-0.3, -0.25) is 0 Å². The number of allylic oxidation sites excluding steroid dienone is 3. The predicted octanol–water partition coefficient (Wildman–Crippen LogP) is 6.14. The molecule has 0 heterocycles. The van der Waals surface area contributed by atoms with Crippen molar-refractivity contribution in [1.82, 2.24) is 0 Å². The van der Waals surface area contributed by atoms with E-state index in [0.29, 0.717) is 29.4 Å². The third-order valence-electron chi connectivity index (χ3n) is 9.13. The van der Waals surface area contributed by atoms with Crippen molar-refractivity contribution in [1.29, 1.82) is 0 Å². The zero-order valence-corrected chi connectivity index (χ0v) is 17.5. The molecule has 4 aliphatic carbocycles. The molecule has 2 saturated carbocycles. The van der Waals surface area contributed by atoms with Crippen molar-refractivity contribution in [2.45, 2.75) is 65.4 Å². The highest BCUT2D eigenvalue weighted by Gasteiger charge is 2.59. The molecule has 1 aromatic carbocycles. The zero-order chi connectivity index (χ0) is 19.7. The summed E-state index contributed by atoms with van der Waals surface area (Å²) in [4.78, 5) is 0. The second kappa shape index (κ2) is 6.23. The number of rotatable bonds is 1. The molecular formula is C26H34O2. The summed E-state index contributed by atoms with van der Waals surface area (Å²) in [7, 11) is 0. The van der Waals surface area contributed by atoms with Crippen molar-refractivity contribution in [2.75, 3.05) is 0 Å². The summed E-state index contributed by atoms with van der Waals surface area (Å²) in [5.41, 5.74) is 4.24. The molecule has 7 atom stereocenters. The number of fused-ring (bicyclic) bond motifs is 5. The van der Waals surface area contributed by atoms with E-state index in [-0.39, 0.29) is 16.9 Å². The first kappa shape index (κ1) is 18.5. The van der Waals surface area contributed by atoms with Gasteiger partial charge in [-0.2, -0.15) is 0 Å². The number of aliphatic hydroxyl groups excluding tert-OH is 2. The van der Waals surface area contributed by atoms with Gasteiger partial charge in [-0.1, -0.05) is 62.8 Å². The highest BCUT2D eigenvalue weighted by atomic mass is 16.3. The van der Waals surface area contributed by atoms with Gasteiger partial charge >= 0.3 is 0 Å². The van der Waals surface area contributed by atoms with Crippen LogP contribution in [0.5, 0.6) is 0 Å². The van der Waals surface area contributed by atoms with Crippen LogP contribution in [0.2, 0.25) is 0 Å². The molecule has 2 fully saturated rings. The Kier molecular flexibility index (Phi) is 4.11. The smallest absolute Gasteiger partial charge is 0.0969 e. The molecule has 1 aromatic rings. The second-order valence-electron chi connectivity index (χ2n) is 10.5. The van der Waals surface area contributed by atoms with Crippen LogP contribution in [0.3, 0.4) is 0 Å². The summed E-state index contributed by atoms with van der Waals surface area (Å²) in [5, 5.41) is 21.3. The van der Waals surface area contributed by atoms with Crippen LogP contribution >= 0.6 is 0 Å². The Hall–Kier alpha value is -1.54. The first-order valence-corrected chi connectivity index (χ1v) is 11.2. The summed E-state index contributed by atoms with van der Waals surface area (Å²) < 4.78 is 0. The van der Waals surface area contributed by atoms with Crippen molar-refractivity contribution < 1.29 is 10.2 Å². The molecule has 0 radical (unpaired) electrons. The lowest BCUT2D eigenvalue weighted by molar-refractivity contribution is -0.0437. The van der Waals surface area contributed by atoms with E-state index in [0.717, 1.165) is 32.1 Å². The van der Waals surface area contributed by atoms with Crippen LogP contribution < -0.4 is 0 Å². The molecule has 0 amide bonds. The van der Waals surface area contributed by atoms with Gasteiger partial charge in [0.1, 0.15) is 0 Å².